The molecular weight excluding hydrogens is 206 g/mol. The van der Waals surface area contributed by atoms with Gasteiger partial charge in [-0.1, -0.05) is 71.6 Å². The second-order valence-corrected chi connectivity index (χ2v) is 5.89. The molecule has 17 heavy (non-hydrogen) atoms. The van der Waals surface area contributed by atoms with Gasteiger partial charge in [-0.05, 0) is 25.3 Å². The molecule has 0 saturated carbocycles. The summed E-state index contributed by atoms with van der Waals surface area (Å²) in [7, 11) is 0. The lowest BCUT2D eigenvalue weighted by atomic mass is 9.86. The van der Waals surface area contributed by atoms with E-state index >= 15 is 0 Å². The largest absolute Gasteiger partial charge is 0.314 e. The Hall–Kier alpha value is -0.0400. The van der Waals surface area contributed by atoms with Crippen molar-refractivity contribution >= 4 is 0 Å². The predicted molar refractivity (Wildman–Crippen MR) is 77.4 cm³/mol. The third-order valence-corrected chi connectivity index (χ3v) is 4.23. The summed E-state index contributed by atoms with van der Waals surface area (Å²) < 4.78 is 0. The molecule has 1 fully saturated rings. The molecule has 1 heterocycles. The summed E-state index contributed by atoms with van der Waals surface area (Å²) >= 11 is 0. The van der Waals surface area contributed by atoms with E-state index in [0.717, 1.165) is 12.0 Å². The van der Waals surface area contributed by atoms with Gasteiger partial charge < -0.3 is 5.32 Å². The normalized spacial score (nSPS) is 21.2. The molecule has 1 nitrogen and oxygen atoms in total. The Kier molecular flexibility index (Phi) is 8.78. The highest BCUT2D eigenvalue weighted by Crippen LogP contribution is 2.25. The molecular formula is C16H33N. The molecule has 0 aromatic rings. The lowest BCUT2D eigenvalue weighted by Crippen LogP contribution is -2.43. The number of unbranched alkanes of at least 4 members (excludes halogenated alkanes) is 5. The molecule has 1 aliphatic rings. The van der Waals surface area contributed by atoms with Crippen molar-refractivity contribution in [3.8, 4) is 0 Å². The van der Waals surface area contributed by atoms with Gasteiger partial charge in [0, 0.05) is 6.04 Å². The smallest absolute Gasteiger partial charge is 0.00817 e. The fourth-order valence-electron chi connectivity index (χ4n) is 2.87. The van der Waals surface area contributed by atoms with Crippen LogP contribution in [0.5, 0.6) is 0 Å². The Morgan fingerprint density at radius 1 is 0.941 bits per heavy atom. The standard InChI is InChI=1S/C16H33N/c1-3-5-7-9-11-15(10-8-6-4-2)14-16-12-13-17-16/h15-17H,3-14H2,1-2H3/t15?,16-/m0/s1. The van der Waals surface area contributed by atoms with Crippen LogP contribution in [-0.4, -0.2) is 12.6 Å². The van der Waals surface area contributed by atoms with Crippen LogP contribution in [-0.2, 0) is 0 Å². The fraction of sp³-hybridized carbons (Fsp3) is 1.00. The van der Waals surface area contributed by atoms with E-state index in [-0.39, 0.29) is 0 Å². The minimum atomic E-state index is 0.868. The fourth-order valence-corrected chi connectivity index (χ4v) is 2.87. The Morgan fingerprint density at radius 3 is 2.06 bits per heavy atom. The Labute approximate surface area is 109 Å². The van der Waals surface area contributed by atoms with E-state index in [0.29, 0.717) is 0 Å². The van der Waals surface area contributed by atoms with Gasteiger partial charge in [0.25, 0.3) is 0 Å². The van der Waals surface area contributed by atoms with Crippen molar-refractivity contribution in [1.82, 2.24) is 5.32 Å². The van der Waals surface area contributed by atoms with Gasteiger partial charge >= 0.3 is 0 Å². The highest BCUT2D eigenvalue weighted by Gasteiger charge is 2.20. The molecule has 1 saturated heterocycles. The van der Waals surface area contributed by atoms with Crippen molar-refractivity contribution in [2.45, 2.75) is 90.5 Å². The first-order chi connectivity index (χ1) is 8.36. The van der Waals surface area contributed by atoms with Gasteiger partial charge in [-0.25, -0.2) is 0 Å². The van der Waals surface area contributed by atoms with Crippen molar-refractivity contribution in [3.63, 3.8) is 0 Å². The molecule has 0 bridgehead atoms. The lowest BCUT2D eigenvalue weighted by molar-refractivity contribution is 0.270. The first kappa shape index (κ1) is 15.0. The van der Waals surface area contributed by atoms with E-state index in [4.69, 9.17) is 0 Å². The third-order valence-electron chi connectivity index (χ3n) is 4.23. The zero-order chi connectivity index (χ0) is 12.3. The molecule has 0 aromatic carbocycles. The van der Waals surface area contributed by atoms with Crippen molar-refractivity contribution in [3.05, 3.63) is 0 Å². The lowest BCUT2D eigenvalue weighted by Gasteiger charge is -2.31. The van der Waals surface area contributed by atoms with Crippen molar-refractivity contribution < 1.29 is 0 Å². The van der Waals surface area contributed by atoms with Gasteiger partial charge in [0.05, 0.1) is 0 Å². The molecule has 1 heteroatoms. The zero-order valence-corrected chi connectivity index (χ0v) is 12.1. The highest BCUT2D eigenvalue weighted by atomic mass is 15.0. The van der Waals surface area contributed by atoms with Crippen LogP contribution in [0.15, 0.2) is 0 Å². The Balaban J connectivity index is 2.10. The molecule has 102 valence electrons. The summed E-state index contributed by atoms with van der Waals surface area (Å²) in [6.45, 7) is 5.88. The van der Waals surface area contributed by atoms with Crippen LogP contribution in [0.3, 0.4) is 0 Å². The SMILES string of the molecule is CCCCCCC(CCCCC)C[C@@H]1CCN1. The molecule has 1 unspecified atom stereocenters. The second-order valence-electron chi connectivity index (χ2n) is 5.89. The third kappa shape index (κ3) is 7.08. The van der Waals surface area contributed by atoms with Gasteiger partial charge in [-0.3, -0.25) is 0 Å². The maximum atomic E-state index is 3.57. The summed E-state index contributed by atoms with van der Waals surface area (Å²) in [5.41, 5.74) is 0. The Morgan fingerprint density at radius 2 is 1.53 bits per heavy atom. The van der Waals surface area contributed by atoms with E-state index in [1.54, 1.807) is 0 Å². The quantitative estimate of drug-likeness (QED) is 0.505. The predicted octanol–water partition coefficient (Wildman–Crippen LogP) is 4.91. The van der Waals surface area contributed by atoms with Gasteiger partial charge in [0.15, 0.2) is 0 Å². The van der Waals surface area contributed by atoms with Gasteiger partial charge in [0.2, 0.25) is 0 Å². The maximum absolute atomic E-state index is 3.57. The molecule has 0 aliphatic carbocycles. The van der Waals surface area contributed by atoms with Crippen LogP contribution in [0.4, 0.5) is 0 Å². The van der Waals surface area contributed by atoms with Crippen LogP contribution in [0.25, 0.3) is 0 Å². The van der Waals surface area contributed by atoms with Crippen molar-refractivity contribution in [2.24, 2.45) is 5.92 Å². The molecule has 1 aliphatic heterocycles. The van der Waals surface area contributed by atoms with Gasteiger partial charge in [-0.15, -0.1) is 0 Å². The topological polar surface area (TPSA) is 12.0 Å². The Bertz CT molecular complexity index is 163. The van der Waals surface area contributed by atoms with E-state index in [9.17, 15) is 0 Å². The number of hydrogen-bond donors (Lipinski definition) is 1. The van der Waals surface area contributed by atoms with E-state index in [1.165, 1.54) is 77.2 Å². The minimum Gasteiger partial charge on any atom is -0.314 e. The molecule has 0 aromatic heterocycles. The molecule has 0 amide bonds. The average molecular weight is 239 g/mol. The zero-order valence-electron chi connectivity index (χ0n) is 12.1. The first-order valence-electron chi connectivity index (χ1n) is 8.10. The summed E-state index contributed by atoms with van der Waals surface area (Å²) in [6, 6.07) is 0.868. The summed E-state index contributed by atoms with van der Waals surface area (Å²) in [4.78, 5) is 0. The van der Waals surface area contributed by atoms with E-state index < -0.39 is 0 Å². The van der Waals surface area contributed by atoms with Gasteiger partial charge in [-0.2, -0.15) is 0 Å². The average Bonchev–Trinajstić information content (AvgIpc) is 2.28. The summed E-state index contributed by atoms with van der Waals surface area (Å²) in [5, 5.41) is 3.57. The van der Waals surface area contributed by atoms with Crippen molar-refractivity contribution in [2.75, 3.05) is 6.54 Å². The first-order valence-corrected chi connectivity index (χ1v) is 8.10. The van der Waals surface area contributed by atoms with Crippen LogP contribution in [0.2, 0.25) is 0 Å². The molecule has 0 radical (unpaired) electrons. The second kappa shape index (κ2) is 9.94. The van der Waals surface area contributed by atoms with Crippen LogP contribution in [0.1, 0.15) is 84.5 Å². The van der Waals surface area contributed by atoms with Crippen LogP contribution in [0, 0.1) is 5.92 Å². The molecule has 0 spiro atoms. The molecule has 2 atom stereocenters. The van der Waals surface area contributed by atoms with Crippen molar-refractivity contribution in [1.29, 1.82) is 0 Å². The maximum Gasteiger partial charge on any atom is 0.00817 e. The molecule has 1 rings (SSSR count). The number of hydrogen-bond acceptors (Lipinski definition) is 1. The number of rotatable bonds is 11. The minimum absolute atomic E-state index is 0.868. The summed E-state index contributed by atoms with van der Waals surface area (Å²) in [5.74, 6) is 1.01. The summed E-state index contributed by atoms with van der Waals surface area (Å²) in [6.07, 6.45) is 15.8. The highest BCUT2D eigenvalue weighted by molar-refractivity contribution is 4.80. The van der Waals surface area contributed by atoms with Gasteiger partial charge in [0.1, 0.15) is 0 Å². The van der Waals surface area contributed by atoms with E-state index in [2.05, 4.69) is 19.2 Å². The van der Waals surface area contributed by atoms with Crippen LogP contribution < -0.4 is 5.32 Å². The van der Waals surface area contributed by atoms with E-state index in [1.807, 2.05) is 0 Å². The molecule has 1 N–H and O–H groups in total. The van der Waals surface area contributed by atoms with Crippen LogP contribution >= 0.6 is 0 Å². The monoisotopic (exact) mass is 239 g/mol. The number of nitrogens with one attached hydrogen (secondary N) is 1.